The fourth-order valence-corrected chi connectivity index (χ4v) is 3.76. The molecule has 0 saturated carbocycles. The van der Waals surface area contributed by atoms with E-state index >= 15 is 0 Å². The van der Waals surface area contributed by atoms with Gasteiger partial charge in [0.2, 0.25) is 15.8 Å². The van der Waals surface area contributed by atoms with E-state index in [1.807, 2.05) is 24.8 Å². The quantitative estimate of drug-likeness (QED) is 0.827. The molecule has 0 amide bonds. The maximum atomic E-state index is 12.8. The molecular formula is C17H24N4O2S. The number of rotatable bonds is 7. The number of benzene rings is 1. The van der Waals surface area contributed by atoms with Crippen LogP contribution in [0.4, 0.5) is 11.8 Å². The van der Waals surface area contributed by atoms with Crippen molar-refractivity contribution in [2.45, 2.75) is 43.4 Å². The third-order valence-electron chi connectivity index (χ3n) is 3.81. The van der Waals surface area contributed by atoms with E-state index in [0.29, 0.717) is 5.95 Å². The van der Waals surface area contributed by atoms with Crippen LogP contribution in [-0.4, -0.2) is 31.5 Å². The van der Waals surface area contributed by atoms with Crippen LogP contribution in [-0.2, 0) is 9.84 Å². The SMILES string of the molecule is CCCCN(CC)c1ncc(S(=O)(=O)c2cccc(C)c2)c(N)n1. The normalized spacial score (nSPS) is 11.5. The molecule has 2 rings (SSSR count). The lowest BCUT2D eigenvalue weighted by atomic mass is 10.2. The highest BCUT2D eigenvalue weighted by Gasteiger charge is 2.23. The molecule has 0 aliphatic carbocycles. The molecule has 0 aliphatic heterocycles. The predicted octanol–water partition coefficient (Wildman–Crippen LogP) is 2.83. The summed E-state index contributed by atoms with van der Waals surface area (Å²) in [6.45, 7) is 7.52. The molecule has 24 heavy (non-hydrogen) atoms. The van der Waals surface area contributed by atoms with Gasteiger partial charge in [0.1, 0.15) is 10.7 Å². The van der Waals surface area contributed by atoms with Crippen molar-refractivity contribution in [3.8, 4) is 0 Å². The molecule has 0 atom stereocenters. The number of aromatic nitrogens is 2. The first kappa shape index (κ1) is 18.2. The first-order chi connectivity index (χ1) is 11.4. The van der Waals surface area contributed by atoms with E-state index in [-0.39, 0.29) is 15.6 Å². The molecule has 7 heteroatoms. The molecule has 1 heterocycles. The van der Waals surface area contributed by atoms with Crippen LogP contribution in [0.3, 0.4) is 0 Å². The number of hydrogen-bond donors (Lipinski definition) is 1. The molecule has 1 aromatic heterocycles. The molecule has 2 aromatic rings. The second-order valence-electron chi connectivity index (χ2n) is 5.67. The molecule has 0 saturated heterocycles. The summed E-state index contributed by atoms with van der Waals surface area (Å²) in [6.07, 6.45) is 3.39. The molecule has 0 bridgehead atoms. The van der Waals surface area contributed by atoms with Crippen molar-refractivity contribution in [2.75, 3.05) is 23.7 Å². The summed E-state index contributed by atoms with van der Waals surface area (Å²) in [6, 6.07) is 6.71. The molecule has 1 aromatic carbocycles. The van der Waals surface area contributed by atoms with Crippen molar-refractivity contribution in [1.29, 1.82) is 0 Å². The zero-order valence-electron chi connectivity index (χ0n) is 14.4. The Hall–Kier alpha value is -2.15. The van der Waals surface area contributed by atoms with E-state index in [9.17, 15) is 8.42 Å². The molecular weight excluding hydrogens is 324 g/mol. The van der Waals surface area contributed by atoms with Gasteiger partial charge in [0.15, 0.2) is 0 Å². The molecule has 6 nitrogen and oxygen atoms in total. The molecule has 0 spiro atoms. The van der Waals surface area contributed by atoms with Crippen molar-refractivity contribution in [1.82, 2.24) is 9.97 Å². The average Bonchev–Trinajstić information content (AvgIpc) is 2.55. The standard InChI is InChI=1S/C17H24N4O2S/c1-4-6-10-21(5-2)17-19-12-15(16(18)20-17)24(22,23)14-9-7-8-13(3)11-14/h7-9,11-12H,4-6,10H2,1-3H3,(H2,18,19,20). The van der Waals surface area contributed by atoms with Crippen molar-refractivity contribution in [2.24, 2.45) is 0 Å². The molecule has 0 radical (unpaired) electrons. The van der Waals surface area contributed by atoms with E-state index in [1.54, 1.807) is 18.2 Å². The molecule has 0 fully saturated rings. The Kier molecular flexibility index (Phi) is 5.77. The summed E-state index contributed by atoms with van der Waals surface area (Å²) in [7, 11) is -3.73. The lowest BCUT2D eigenvalue weighted by Gasteiger charge is -2.21. The van der Waals surface area contributed by atoms with Crippen LogP contribution < -0.4 is 10.6 Å². The molecule has 0 unspecified atom stereocenters. The van der Waals surface area contributed by atoms with Gasteiger partial charge in [-0.25, -0.2) is 13.4 Å². The van der Waals surface area contributed by atoms with Gasteiger partial charge < -0.3 is 10.6 Å². The fourth-order valence-electron chi connectivity index (χ4n) is 2.39. The number of nitrogens with zero attached hydrogens (tertiary/aromatic N) is 3. The Balaban J connectivity index is 2.39. The van der Waals surface area contributed by atoms with Crippen LogP contribution in [0.25, 0.3) is 0 Å². The van der Waals surface area contributed by atoms with E-state index < -0.39 is 9.84 Å². The second-order valence-corrected chi connectivity index (χ2v) is 7.59. The zero-order chi connectivity index (χ0) is 17.7. The lowest BCUT2D eigenvalue weighted by molar-refractivity contribution is 0.595. The van der Waals surface area contributed by atoms with Crippen LogP contribution in [0.1, 0.15) is 32.3 Å². The second kappa shape index (κ2) is 7.61. The van der Waals surface area contributed by atoms with Crippen LogP contribution in [0, 0.1) is 6.92 Å². The van der Waals surface area contributed by atoms with Crippen LogP contribution in [0.5, 0.6) is 0 Å². The topological polar surface area (TPSA) is 89.2 Å². The molecule has 2 N–H and O–H groups in total. The highest BCUT2D eigenvalue weighted by Crippen LogP contribution is 2.26. The number of aryl methyl sites for hydroxylation is 1. The van der Waals surface area contributed by atoms with Crippen molar-refractivity contribution >= 4 is 21.6 Å². The smallest absolute Gasteiger partial charge is 0.227 e. The van der Waals surface area contributed by atoms with E-state index in [0.717, 1.165) is 31.5 Å². The minimum atomic E-state index is -3.73. The number of unbranched alkanes of at least 4 members (excludes halogenated alkanes) is 1. The van der Waals surface area contributed by atoms with Crippen molar-refractivity contribution in [3.05, 3.63) is 36.0 Å². The fraction of sp³-hybridized carbons (Fsp3) is 0.412. The maximum absolute atomic E-state index is 12.8. The van der Waals surface area contributed by atoms with Crippen LogP contribution >= 0.6 is 0 Å². The third kappa shape index (κ3) is 3.84. The maximum Gasteiger partial charge on any atom is 0.227 e. The van der Waals surface area contributed by atoms with Crippen molar-refractivity contribution < 1.29 is 8.42 Å². The van der Waals surface area contributed by atoms with E-state index in [2.05, 4.69) is 16.9 Å². The highest BCUT2D eigenvalue weighted by molar-refractivity contribution is 7.91. The first-order valence-corrected chi connectivity index (χ1v) is 9.57. The third-order valence-corrected chi connectivity index (χ3v) is 5.57. The average molecular weight is 348 g/mol. The summed E-state index contributed by atoms with van der Waals surface area (Å²) in [5.74, 6) is 0.447. The Morgan fingerprint density at radius 2 is 2.00 bits per heavy atom. The summed E-state index contributed by atoms with van der Waals surface area (Å²) >= 11 is 0. The largest absolute Gasteiger partial charge is 0.382 e. The monoisotopic (exact) mass is 348 g/mol. The minimum Gasteiger partial charge on any atom is -0.382 e. The van der Waals surface area contributed by atoms with Crippen LogP contribution in [0.15, 0.2) is 40.3 Å². The van der Waals surface area contributed by atoms with Crippen LogP contribution in [0.2, 0.25) is 0 Å². The molecule has 130 valence electrons. The summed E-state index contributed by atoms with van der Waals surface area (Å²) in [5, 5.41) is 0. The van der Waals surface area contributed by atoms with Gasteiger partial charge >= 0.3 is 0 Å². The van der Waals surface area contributed by atoms with Gasteiger partial charge in [-0.3, -0.25) is 0 Å². The summed E-state index contributed by atoms with van der Waals surface area (Å²) in [4.78, 5) is 10.6. The minimum absolute atomic E-state index is 0.0172. The van der Waals surface area contributed by atoms with E-state index in [4.69, 9.17) is 5.73 Å². The van der Waals surface area contributed by atoms with Gasteiger partial charge in [0, 0.05) is 13.1 Å². The zero-order valence-corrected chi connectivity index (χ0v) is 15.2. The van der Waals surface area contributed by atoms with Gasteiger partial charge in [0.05, 0.1) is 11.1 Å². The summed E-state index contributed by atoms with van der Waals surface area (Å²) in [5.41, 5.74) is 6.81. The van der Waals surface area contributed by atoms with Gasteiger partial charge in [-0.05, 0) is 38.0 Å². The van der Waals surface area contributed by atoms with Gasteiger partial charge in [-0.2, -0.15) is 4.98 Å². The number of hydrogen-bond acceptors (Lipinski definition) is 6. The van der Waals surface area contributed by atoms with Gasteiger partial charge in [-0.15, -0.1) is 0 Å². The Morgan fingerprint density at radius 1 is 1.25 bits per heavy atom. The lowest BCUT2D eigenvalue weighted by Crippen LogP contribution is -2.26. The summed E-state index contributed by atoms with van der Waals surface area (Å²) < 4.78 is 25.5. The predicted molar refractivity (Wildman–Crippen MR) is 95.9 cm³/mol. The first-order valence-electron chi connectivity index (χ1n) is 8.09. The van der Waals surface area contributed by atoms with Gasteiger partial charge in [-0.1, -0.05) is 25.5 Å². The number of sulfone groups is 1. The Labute approximate surface area is 143 Å². The molecule has 0 aliphatic rings. The van der Waals surface area contributed by atoms with Crippen molar-refractivity contribution in [3.63, 3.8) is 0 Å². The Morgan fingerprint density at radius 3 is 2.58 bits per heavy atom. The highest BCUT2D eigenvalue weighted by atomic mass is 32.2. The number of nitrogens with two attached hydrogens (primary N) is 1. The van der Waals surface area contributed by atoms with E-state index in [1.165, 1.54) is 6.20 Å². The Bertz CT molecular complexity index is 806. The van der Waals surface area contributed by atoms with Gasteiger partial charge in [0.25, 0.3) is 0 Å². The number of anilines is 2. The number of nitrogen functional groups attached to an aromatic ring is 1.